The minimum Gasteiger partial charge on any atom is -0.455 e. The van der Waals surface area contributed by atoms with Crippen molar-refractivity contribution in [2.75, 3.05) is 0 Å². The molecule has 234 valence electrons. The first-order chi connectivity index (χ1) is 24.8. The first-order valence-corrected chi connectivity index (χ1v) is 17.4. The van der Waals surface area contributed by atoms with Crippen LogP contribution in [0.5, 0.6) is 0 Å². The Morgan fingerprint density at radius 2 is 0.940 bits per heavy atom. The number of thiophene rings is 1. The molecule has 0 fully saturated rings. The summed E-state index contributed by atoms with van der Waals surface area (Å²) in [6.07, 6.45) is 0. The van der Waals surface area contributed by atoms with Gasteiger partial charge in [0.15, 0.2) is 17.5 Å². The van der Waals surface area contributed by atoms with E-state index < -0.39 is 0 Å². The molecule has 0 aliphatic rings. The average molecular weight is 658 g/mol. The summed E-state index contributed by atoms with van der Waals surface area (Å²) in [6, 6.07) is 56.8. The van der Waals surface area contributed by atoms with Gasteiger partial charge >= 0.3 is 0 Å². The molecule has 50 heavy (non-hydrogen) atoms. The second kappa shape index (κ2) is 11.6. The molecule has 0 radical (unpaired) electrons. The van der Waals surface area contributed by atoms with Gasteiger partial charge in [0.05, 0.1) is 0 Å². The molecule has 0 amide bonds. The minimum absolute atomic E-state index is 0.600. The zero-order valence-electron chi connectivity index (χ0n) is 26.7. The van der Waals surface area contributed by atoms with Crippen molar-refractivity contribution in [1.82, 2.24) is 15.0 Å². The number of rotatable bonds is 5. The van der Waals surface area contributed by atoms with Crippen LogP contribution in [0.4, 0.5) is 0 Å². The monoisotopic (exact) mass is 657 g/mol. The second-order valence-corrected chi connectivity index (χ2v) is 13.4. The Bertz CT molecular complexity index is 2820. The molecule has 0 aliphatic heterocycles. The van der Waals surface area contributed by atoms with Crippen molar-refractivity contribution >= 4 is 53.4 Å². The number of aromatic nitrogens is 3. The molecule has 0 spiro atoms. The number of para-hydroxylation sites is 1. The summed E-state index contributed by atoms with van der Waals surface area (Å²) in [5.74, 6) is 1.86. The quantitative estimate of drug-likeness (QED) is 0.185. The van der Waals surface area contributed by atoms with Gasteiger partial charge in [0.25, 0.3) is 0 Å². The smallest absolute Gasteiger partial charge is 0.164 e. The fraction of sp³-hybridized carbons (Fsp3) is 0. The van der Waals surface area contributed by atoms with E-state index in [4.69, 9.17) is 19.4 Å². The van der Waals surface area contributed by atoms with Gasteiger partial charge in [-0.05, 0) is 41.0 Å². The summed E-state index contributed by atoms with van der Waals surface area (Å²) in [6.45, 7) is 0. The van der Waals surface area contributed by atoms with Gasteiger partial charge in [0.2, 0.25) is 0 Å². The van der Waals surface area contributed by atoms with Gasteiger partial charge in [-0.2, -0.15) is 0 Å². The van der Waals surface area contributed by atoms with E-state index in [1.54, 1.807) is 0 Å². The summed E-state index contributed by atoms with van der Waals surface area (Å²) in [5, 5.41) is 4.74. The summed E-state index contributed by atoms with van der Waals surface area (Å²) in [4.78, 5) is 14.7. The van der Waals surface area contributed by atoms with Crippen LogP contribution in [-0.2, 0) is 0 Å². The van der Waals surface area contributed by atoms with Crippen LogP contribution in [0.25, 0.3) is 98.5 Å². The molecule has 0 unspecified atom stereocenters. The molecule has 0 atom stereocenters. The molecule has 0 saturated heterocycles. The lowest BCUT2D eigenvalue weighted by Gasteiger charge is -2.08. The number of hydrogen-bond acceptors (Lipinski definition) is 5. The topological polar surface area (TPSA) is 51.8 Å². The van der Waals surface area contributed by atoms with Crippen LogP contribution >= 0.6 is 11.3 Å². The Morgan fingerprint density at radius 1 is 0.380 bits per heavy atom. The fourth-order valence-electron chi connectivity index (χ4n) is 6.93. The molecule has 0 aliphatic carbocycles. The van der Waals surface area contributed by atoms with E-state index in [9.17, 15) is 0 Å². The zero-order valence-corrected chi connectivity index (χ0v) is 27.6. The Labute approximate surface area is 292 Å². The van der Waals surface area contributed by atoms with Crippen LogP contribution < -0.4 is 0 Å². The largest absolute Gasteiger partial charge is 0.455 e. The lowest BCUT2D eigenvalue weighted by atomic mass is 9.97. The van der Waals surface area contributed by atoms with E-state index >= 15 is 0 Å². The van der Waals surface area contributed by atoms with Gasteiger partial charge in [-0.25, -0.2) is 15.0 Å². The van der Waals surface area contributed by atoms with E-state index in [1.807, 2.05) is 72.0 Å². The maximum atomic E-state index is 6.72. The Morgan fingerprint density at radius 3 is 1.68 bits per heavy atom. The molecule has 4 nitrogen and oxygen atoms in total. The normalized spacial score (nSPS) is 11.6. The highest BCUT2D eigenvalue weighted by Gasteiger charge is 2.17. The Balaban J connectivity index is 1.09. The average Bonchev–Trinajstić information content (AvgIpc) is 3.77. The minimum atomic E-state index is 0.600. The summed E-state index contributed by atoms with van der Waals surface area (Å²) >= 11 is 1.86. The SMILES string of the molecule is c1ccc(-c2nc(-c3ccccc3)nc(-c3ccc4c(c3)oc3c(-c5cccc(-c6cccc7c6sc6ccccc67)c5)cccc34)n2)cc1. The highest BCUT2D eigenvalue weighted by molar-refractivity contribution is 7.26. The van der Waals surface area contributed by atoms with E-state index in [0.717, 1.165) is 49.8 Å². The summed E-state index contributed by atoms with van der Waals surface area (Å²) in [7, 11) is 0. The van der Waals surface area contributed by atoms with Crippen LogP contribution in [0.1, 0.15) is 0 Å². The molecule has 3 aromatic heterocycles. The number of hydrogen-bond donors (Lipinski definition) is 0. The van der Waals surface area contributed by atoms with E-state index in [0.29, 0.717) is 17.5 Å². The van der Waals surface area contributed by atoms with Crippen molar-refractivity contribution in [1.29, 1.82) is 0 Å². The van der Waals surface area contributed by atoms with Crippen molar-refractivity contribution < 1.29 is 4.42 Å². The molecule has 10 aromatic rings. The lowest BCUT2D eigenvalue weighted by molar-refractivity contribution is 0.670. The first kappa shape index (κ1) is 28.6. The van der Waals surface area contributed by atoms with Gasteiger partial charge in [0.1, 0.15) is 11.2 Å². The van der Waals surface area contributed by atoms with Gasteiger partial charge in [0, 0.05) is 53.2 Å². The molecule has 0 bridgehead atoms. The van der Waals surface area contributed by atoms with Crippen molar-refractivity contribution in [3.8, 4) is 56.4 Å². The Kier molecular flexibility index (Phi) is 6.64. The third-order valence-corrected chi connectivity index (χ3v) is 10.6. The summed E-state index contributed by atoms with van der Waals surface area (Å²) in [5.41, 5.74) is 9.01. The maximum Gasteiger partial charge on any atom is 0.164 e. The number of furan rings is 1. The predicted octanol–water partition coefficient (Wildman–Crippen LogP) is 12.5. The third kappa shape index (κ3) is 4.79. The van der Waals surface area contributed by atoms with Crippen molar-refractivity contribution in [3.63, 3.8) is 0 Å². The van der Waals surface area contributed by atoms with Crippen molar-refractivity contribution in [3.05, 3.63) is 164 Å². The predicted molar refractivity (Wildman–Crippen MR) is 207 cm³/mol. The highest BCUT2D eigenvalue weighted by atomic mass is 32.1. The number of benzene rings is 7. The van der Waals surface area contributed by atoms with E-state index in [1.165, 1.54) is 31.3 Å². The Hall–Kier alpha value is -6.43. The molecule has 0 saturated carbocycles. The number of fused-ring (bicyclic) bond motifs is 6. The number of nitrogens with zero attached hydrogens (tertiary/aromatic N) is 3. The van der Waals surface area contributed by atoms with Crippen LogP contribution in [0, 0.1) is 0 Å². The van der Waals surface area contributed by atoms with Crippen molar-refractivity contribution in [2.24, 2.45) is 0 Å². The van der Waals surface area contributed by atoms with Gasteiger partial charge < -0.3 is 4.42 Å². The van der Waals surface area contributed by atoms with Gasteiger partial charge in [-0.1, -0.05) is 140 Å². The molecule has 7 aromatic carbocycles. The van der Waals surface area contributed by atoms with Crippen LogP contribution in [0.2, 0.25) is 0 Å². The molecule has 0 N–H and O–H groups in total. The molecular weight excluding hydrogens is 631 g/mol. The van der Waals surface area contributed by atoms with Crippen LogP contribution in [0.15, 0.2) is 168 Å². The fourth-order valence-corrected chi connectivity index (χ4v) is 8.17. The van der Waals surface area contributed by atoms with Gasteiger partial charge in [-0.15, -0.1) is 11.3 Å². The molecule has 3 heterocycles. The van der Waals surface area contributed by atoms with Crippen LogP contribution in [0.3, 0.4) is 0 Å². The van der Waals surface area contributed by atoms with E-state index in [2.05, 4.69) is 103 Å². The van der Waals surface area contributed by atoms with Gasteiger partial charge in [-0.3, -0.25) is 0 Å². The highest BCUT2D eigenvalue weighted by Crippen LogP contribution is 2.42. The van der Waals surface area contributed by atoms with E-state index in [-0.39, 0.29) is 0 Å². The molecular formula is C45H27N3OS. The second-order valence-electron chi connectivity index (χ2n) is 12.4. The van der Waals surface area contributed by atoms with Crippen molar-refractivity contribution in [2.45, 2.75) is 0 Å². The van der Waals surface area contributed by atoms with Crippen LogP contribution in [-0.4, -0.2) is 15.0 Å². The molecule has 5 heteroatoms. The molecule has 10 rings (SSSR count). The summed E-state index contributed by atoms with van der Waals surface area (Å²) < 4.78 is 9.33. The third-order valence-electron chi connectivity index (χ3n) is 9.35. The lowest BCUT2D eigenvalue weighted by Crippen LogP contribution is -2.00. The maximum absolute atomic E-state index is 6.72. The zero-order chi connectivity index (χ0) is 33.0. The standard InChI is InChI=1S/C45H27N3OS/c1-3-12-28(13-4-1)43-46-44(29-14-5-2-6-15-29)48-45(47-43)32-24-25-35-37-21-10-19-33(41(37)49-39(35)27-32)30-16-9-17-31(26-30)34-20-11-22-38-36-18-7-8-23-40(36)50-42(34)38/h1-27H. The first-order valence-electron chi connectivity index (χ1n) is 16.6.